The van der Waals surface area contributed by atoms with Gasteiger partial charge in [0, 0.05) is 11.7 Å². The highest BCUT2D eigenvalue weighted by atomic mass is 32.2. The average Bonchev–Trinajstić information content (AvgIpc) is 3.06. The number of nitrogens with one attached hydrogen (secondary N) is 1. The summed E-state index contributed by atoms with van der Waals surface area (Å²) in [5, 5.41) is 0. The Hall–Kier alpha value is -1.07. The predicted molar refractivity (Wildman–Crippen MR) is 72.7 cm³/mol. The third-order valence-corrected chi connectivity index (χ3v) is 5.05. The summed E-state index contributed by atoms with van der Waals surface area (Å²) in [6, 6.07) is 5.06. The lowest BCUT2D eigenvalue weighted by atomic mass is 10.1. The van der Waals surface area contributed by atoms with E-state index in [1.165, 1.54) is 0 Å². The minimum Gasteiger partial charge on any atom is -0.398 e. The molecule has 1 aliphatic rings. The van der Waals surface area contributed by atoms with E-state index in [0.29, 0.717) is 11.6 Å². The fourth-order valence-electron chi connectivity index (χ4n) is 2.17. The van der Waals surface area contributed by atoms with Crippen LogP contribution in [0, 0.1) is 5.92 Å². The monoisotopic (exact) mass is 268 g/mol. The van der Waals surface area contributed by atoms with E-state index in [-0.39, 0.29) is 10.9 Å². The number of rotatable bonds is 5. The third-order valence-electron chi connectivity index (χ3n) is 3.56. The van der Waals surface area contributed by atoms with Crippen molar-refractivity contribution in [2.45, 2.75) is 44.0 Å². The van der Waals surface area contributed by atoms with Crippen LogP contribution in [-0.4, -0.2) is 14.5 Å². The molecule has 0 radical (unpaired) electrons. The predicted octanol–water partition coefficient (Wildman–Crippen LogP) is 1.91. The molecule has 0 bridgehead atoms. The van der Waals surface area contributed by atoms with Gasteiger partial charge in [0.25, 0.3) is 0 Å². The van der Waals surface area contributed by atoms with Crippen LogP contribution in [0.2, 0.25) is 0 Å². The van der Waals surface area contributed by atoms with Gasteiger partial charge in [-0.15, -0.1) is 0 Å². The van der Waals surface area contributed by atoms with Crippen LogP contribution in [0.3, 0.4) is 0 Å². The highest BCUT2D eigenvalue weighted by Gasteiger charge is 2.38. The maximum absolute atomic E-state index is 12.1. The molecule has 0 aromatic heterocycles. The van der Waals surface area contributed by atoms with Crippen molar-refractivity contribution in [3.8, 4) is 0 Å². The highest BCUT2D eigenvalue weighted by Crippen LogP contribution is 2.34. The largest absolute Gasteiger partial charge is 0.398 e. The van der Waals surface area contributed by atoms with Crippen molar-refractivity contribution in [3.63, 3.8) is 0 Å². The molecule has 0 spiro atoms. The van der Waals surface area contributed by atoms with E-state index < -0.39 is 10.0 Å². The molecule has 100 valence electrons. The fraction of sp³-hybridized carbons (Fsp3) is 0.538. The Morgan fingerprint density at radius 1 is 1.39 bits per heavy atom. The van der Waals surface area contributed by atoms with Gasteiger partial charge in [0.05, 0.1) is 4.90 Å². The molecule has 1 aliphatic carbocycles. The van der Waals surface area contributed by atoms with Gasteiger partial charge in [0.15, 0.2) is 0 Å². The van der Waals surface area contributed by atoms with Crippen LogP contribution in [0.25, 0.3) is 0 Å². The van der Waals surface area contributed by atoms with Crippen molar-refractivity contribution in [1.82, 2.24) is 4.72 Å². The molecule has 0 amide bonds. The van der Waals surface area contributed by atoms with Crippen molar-refractivity contribution in [1.29, 1.82) is 0 Å². The Morgan fingerprint density at radius 2 is 2.11 bits per heavy atom. The number of aryl methyl sites for hydroxylation is 1. The average molecular weight is 268 g/mol. The van der Waals surface area contributed by atoms with Crippen LogP contribution < -0.4 is 10.5 Å². The molecular formula is C13H20N2O2S. The van der Waals surface area contributed by atoms with E-state index in [1.54, 1.807) is 18.2 Å². The van der Waals surface area contributed by atoms with Gasteiger partial charge in [0.1, 0.15) is 0 Å². The van der Waals surface area contributed by atoms with Crippen LogP contribution in [0.1, 0.15) is 32.3 Å². The molecule has 1 fully saturated rings. The summed E-state index contributed by atoms with van der Waals surface area (Å²) in [7, 11) is -3.42. The molecule has 1 saturated carbocycles. The van der Waals surface area contributed by atoms with Crippen LogP contribution in [-0.2, 0) is 16.4 Å². The molecule has 1 aromatic rings. The second-order valence-corrected chi connectivity index (χ2v) is 6.56. The number of sulfonamides is 1. The molecule has 0 saturated heterocycles. The molecule has 2 atom stereocenters. The van der Waals surface area contributed by atoms with Crippen molar-refractivity contribution >= 4 is 15.7 Å². The van der Waals surface area contributed by atoms with Crippen molar-refractivity contribution in [2.24, 2.45) is 5.92 Å². The van der Waals surface area contributed by atoms with Crippen LogP contribution >= 0.6 is 0 Å². The van der Waals surface area contributed by atoms with Crippen LogP contribution in [0.5, 0.6) is 0 Å². The number of benzene rings is 1. The zero-order valence-corrected chi connectivity index (χ0v) is 11.6. The summed E-state index contributed by atoms with van der Waals surface area (Å²) in [5.41, 5.74) is 7.36. The number of hydrogen-bond donors (Lipinski definition) is 2. The normalized spacial score (nSPS) is 23.0. The van der Waals surface area contributed by atoms with E-state index in [4.69, 9.17) is 5.73 Å². The summed E-state index contributed by atoms with van der Waals surface area (Å²) in [6.07, 6.45) is 2.77. The minimum atomic E-state index is -3.42. The first-order valence-corrected chi connectivity index (χ1v) is 7.87. The van der Waals surface area contributed by atoms with E-state index in [1.807, 2.05) is 6.92 Å². The van der Waals surface area contributed by atoms with Gasteiger partial charge in [-0.3, -0.25) is 0 Å². The molecule has 0 aliphatic heterocycles. The van der Waals surface area contributed by atoms with Gasteiger partial charge < -0.3 is 5.73 Å². The Kier molecular flexibility index (Phi) is 3.64. The van der Waals surface area contributed by atoms with Crippen LogP contribution in [0.15, 0.2) is 23.1 Å². The van der Waals surface area contributed by atoms with Gasteiger partial charge in [-0.25, -0.2) is 13.1 Å². The van der Waals surface area contributed by atoms with Crippen molar-refractivity contribution in [3.05, 3.63) is 23.8 Å². The summed E-state index contributed by atoms with van der Waals surface area (Å²) in [5.74, 6) is 0.493. The van der Waals surface area contributed by atoms with Crippen molar-refractivity contribution < 1.29 is 8.42 Å². The number of nitrogens with two attached hydrogens (primary N) is 1. The molecule has 18 heavy (non-hydrogen) atoms. The molecule has 5 heteroatoms. The fourth-order valence-corrected chi connectivity index (χ4v) is 3.53. The Balaban J connectivity index is 2.17. The third kappa shape index (κ3) is 2.67. The quantitative estimate of drug-likeness (QED) is 0.801. The lowest BCUT2D eigenvalue weighted by Gasteiger charge is -2.09. The first-order valence-electron chi connectivity index (χ1n) is 6.38. The standard InChI is InChI=1S/C13H20N2O2S/c1-3-9-5-6-11(8-12(9)14)18(16,17)15-13-7-10(13)4-2/h5-6,8,10,13,15H,3-4,7,14H2,1-2H3. The van der Waals surface area contributed by atoms with Gasteiger partial charge in [-0.1, -0.05) is 26.3 Å². The number of nitrogen functional groups attached to an aromatic ring is 1. The Labute approximate surface area is 109 Å². The Bertz CT molecular complexity index is 540. The van der Waals surface area contributed by atoms with E-state index >= 15 is 0 Å². The molecule has 1 aromatic carbocycles. The smallest absolute Gasteiger partial charge is 0.240 e. The summed E-state index contributed by atoms with van der Waals surface area (Å²) in [6.45, 7) is 4.07. The second kappa shape index (κ2) is 4.90. The maximum atomic E-state index is 12.1. The lowest BCUT2D eigenvalue weighted by molar-refractivity contribution is 0.576. The molecule has 2 rings (SSSR count). The second-order valence-electron chi connectivity index (χ2n) is 4.85. The SMILES string of the molecule is CCc1ccc(S(=O)(=O)NC2CC2CC)cc1N. The van der Waals surface area contributed by atoms with E-state index in [9.17, 15) is 8.42 Å². The molecule has 4 nitrogen and oxygen atoms in total. The first kappa shape index (κ1) is 13.4. The number of anilines is 1. The minimum absolute atomic E-state index is 0.104. The van der Waals surface area contributed by atoms with Gasteiger partial charge in [0.2, 0.25) is 10.0 Å². The highest BCUT2D eigenvalue weighted by molar-refractivity contribution is 7.89. The summed E-state index contributed by atoms with van der Waals surface area (Å²) in [4.78, 5) is 0.263. The topological polar surface area (TPSA) is 72.2 Å². The van der Waals surface area contributed by atoms with Gasteiger partial charge in [-0.05, 0) is 36.5 Å². The summed E-state index contributed by atoms with van der Waals surface area (Å²) >= 11 is 0. The summed E-state index contributed by atoms with van der Waals surface area (Å²) < 4.78 is 27.0. The molecular weight excluding hydrogens is 248 g/mol. The van der Waals surface area contributed by atoms with Gasteiger partial charge >= 0.3 is 0 Å². The van der Waals surface area contributed by atoms with Crippen LogP contribution in [0.4, 0.5) is 5.69 Å². The Morgan fingerprint density at radius 3 is 2.61 bits per heavy atom. The zero-order chi connectivity index (χ0) is 13.3. The van der Waals surface area contributed by atoms with Crippen molar-refractivity contribution in [2.75, 3.05) is 5.73 Å². The van der Waals surface area contributed by atoms with E-state index in [0.717, 1.165) is 24.8 Å². The molecule has 3 N–H and O–H groups in total. The molecule has 2 unspecified atom stereocenters. The maximum Gasteiger partial charge on any atom is 0.240 e. The first-order chi connectivity index (χ1) is 8.47. The zero-order valence-electron chi connectivity index (χ0n) is 10.8. The lowest BCUT2D eigenvalue weighted by Crippen LogP contribution is -2.27. The van der Waals surface area contributed by atoms with Gasteiger partial charge in [-0.2, -0.15) is 0 Å². The molecule has 0 heterocycles. The van der Waals surface area contributed by atoms with E-state index in [2.05, 4.69) is 11.6 Å². The number of hydrogen-bond acceptors (Lipinski definition) is 3.